The van der Waals surface area contributed by atoms with Gasteiger partial charge in [0.2, 0.25) is 11.7 Å². The molecule has 182 valence electrons. The summed E-state index contributed by atoms with van der Waals surface area (Å²) < 4.78 is 22.0. The highest BCUT2D eigenvalue weighted by Gasteiger charge is 2.30. The van der Waals surface area contributed by atoms with Gasteiger partial charge in [0.05, 0.1) is 11.1 Å². The smallest absolute Gasteiger partial charge is 0.275 e. The van der Waals surface area contributed by atoms with Crippen LogP contribution in [-0.2, 0) is 13.1 Å². The normalized spacial score (nSPS) is 14.4. The van der Waals surface area contributed by atoms with Crippen LogP contribution in [0.25, 0.3) is 16.6 Å². The molecule has 0 bridgehead atoms. The summed E-state index contributed by atoms with van der Waals surface area (Å²) >= 11 is 0. The predicted molar refractivity (Wildman–Crippen MR) is 130 cm³/mol. The van der Waals surface area contributed by atoms with Crippen molar-refractivity contribution in [2.75, 3.05) is 25.1 Å². The van der Waals surface area contributed by atoms with Crippen LogP contribution in [0.15, 0.2) is 36.9 Å². The van der Waals surface area contributed by atoms with Crippen LogP contribution in [0.2, 0.25) is 0 Å². The third-order valence-corrected chi connectivity index (χ3v) is 6.79. The van der Waals surface area contributed by atoms with Crippen LogP contribution >= 0.6 is 0 Å². The van der Waals surface area contributed by atoms with Crippen molar-refractivity contribution in [2.24, 2.45) is 0 Å². The molecule has 10 heteroatoms. The molecule has 0 unspecified atom stereocenters. The van der Waals surface area contributed by atoms with E-state index in [2.05, 4.69) is 15.0 Å². The minimum atomic E-state index is -0.489. The summed E-state index contributed by atoms with van der Waals surface area (Å²) in [6.07, 6.45) is 5.07. The highest BCUT2D eigenvalue weighted by Crippen LogP contribution is 2.36. The molecule has 3 aromatic heterocycles. The number of imidazole rings is 1. The number of fused-ring (bicyclic) bond motifs is 3. The lowest BCUT2D eigenvalue weighted by molar-refractivity contribution is 0.0748. The van der Waals surface area contributed by atoms with E-state index in [4.69, 9.17) is 4.74 Å². The molecule has 2 aliphatic heterocycles. The van der Waals surface area contributed by atoms with Gasteiger partial charge in [-0.05, 0) is 37.6 Å². The first-order valence-corrected chi connectivity index (χ1v) is 11.7. The largest absolute Gasteiger partial charge is 0.485 e. The number of benzene rings is 1. The maximum Gasteiger partial charge on any atom is 0.275 e. The Morgan fingerprint density at radius 3 is 2.75 bits per heavy atom. The van der Waals surface area contributed by atoms with Crippen LogP contribution in [0, 0.1) is 12.7 Å². The summed E-state index contributed by atoms with van der Waals surface area (Å²) in [7, 11) is 1.76. The molecule has 0 fully saturated rings. The third kappa shape index (κ3) is 3.24. The summed E-state index contributed by atoms with van der Waals surface area (Å²) in [5.74, 6) is -0.0741. The first-order valence-electron chi connectivity index (χ1n) is 11.7. The van der Waals surface area contributed by atoms with Crippen LogP contribution in [0.4, 0.5) is 10.3 Å². The van der Waals surface area contributed by atoms with E-state index in [0.717, 1.165) is 22.4 Å². The Morgan fingerprint density at radius 2 is 1.94 bits per heavy atom. The molecule has 0 aliphatic carbocycles. The Balaban J connectivity index is 1.51. The predicted octanol–water partition coefficient (Wildman–Crippen LogP) is 3.43. The fourth-order valence-corrected chi connectivity index (χ4v) is 5.02. The Labute approximate surface area is 206 Å². The average Bonchev–Trinajstić information content (AvgIpc) is 3.47. The van der Waals surface area contributed by atoms with Crippen molar-refractivity contribution in [2.45, 2.75) is 26.9 Å². The molecule has 0 saturated heterocycles. The number of amides is 1. The van der Waals surface area contributed by atoms with Gasteiger partial charge in [0.25, 0.3) is 5.91 Å². The van der Waals surface area contributed by atoms with E-state index in [-0.39, 0.29) is 36.0 Å². The fraction of sp³-hybridized carbons (Fsp3) is 0.269. The first-order chi connectivity index (χ1) is 17.4. The molecule has 9 nitrogen and oxygen atoms in total. The van der Waals surface area contributed by atoms with Crippen molar-refractivity contribution in [3.05, 3.63) is 70.8 Å². The summed E-state index contributed by atoms with van der Waals surface area (Å²) in [4.78, 5) is 42.9. The van der Waals surface area contributed by atoms with Crippen molar-refractivity contribution in [1.82, 2.24) is 24.3 Å². The maximum atomic E-state index is 14.8. The van der Waals surface area contributed by atoms with Gasteiger partial charge in [0.15, 0.2) is 12.3 Å². The second-order valence-electron chi connectivity index (χ2n) is 9.05. The number of hydrogen-bond acceptors (Lipinski definition) is 7. The monoisotopic (exact) mass is 486 g/mol. The lowest BCUT2D eigenvalue weighted by atomic mass is 9.98. The minimum absolute atomic E-state index is 0.0748. The number of pyridine rings is 1. The SMILES string of the molecule is CCN1Cc2cc(C)ncc2-c2cnc(N(C)Cc3c(F)ccc4c3C(=O)CO4)n3cnc(c23)C1=O. The Bertz CT molecular complexity index is 1580. The van der Waals surface area contributed by atoms with Gasteiger partial charge in [-0.3, -0.25) is 19.0 Å². The number of ether oxygens (including phenoxy) is 1. The second-order valence-corrected chi connectivity index (χ2v) is 9.05. The summed E-state index contributed by atoms with van der Waals surface area (Å²) in [6.45, 7) is 4.81. The summed E-state index contributed by atoms with van der Waals surface area (Å²) in [6, 6.07) is 4.77. The van der Waals surface area contributed by atoms with E-state index in [0.29, 0.717) is 36.0 Å². The molecule has 1 aromatic carbocycles. The second kappa shape index (κ2) is 8.11. The standard InChI is InChI=1S/C26H23FN6O3/c1-4-32-10-15-7-14(2)28-8-16(15)17-9-29-26(33-13-30-23(24(17)33)25(32)35)31(3)11-18-19(27)5-6-21-22(18)20(34)12-36-21/h5-9,13H,4,10-12H2,1-3H3. The Morgan fingerprint density at radius 1 is 1.14 bits per heavy atom. The zero-order chi connectivity index (χ0) is 25.1. The van der Waals surface area contributed by atoms with Crippen molar-refractivity contribution in [1.29, 1.82) is 0 Å². The Kier molecular flexibility index (Phi) is 4.99. The molecule has 5 heterocycles. The number of rotatable bonds is 4. The topological polar surface area (TPSA) is 92.9 Å². The van der Waals surface area contributed by atoms with Crippen LogP contribution < -0.4 is 9.64 Å². The van der Waals surface area contributed by atoms with Gasteiger partial charge in [0.1, 0.15) is 17.9 Å². The Hall–Kier alpha value is -4.34. The number of carbonyl (C=O) groups is 2. The van der Waals surface area contributed by atoms with E-state index in [1.54, 1.807) is 40.0 Å². The minimum Gasteiger partial charge on any atom is -0.485 e. The van der Waals surface area contributed by atoms with E-state index in [9.17, 15) is 14.0 Å². The molecular weight excluding hydrogens is 463 g/mol. The number of Topliss-reactive ketones (excluding diaryl/α,β-unsaturated/α-hetero) is 1. The van der Waals surface area contributed by atoms with Gasteiger partial charge in [0, 0.05) is 61.5 Å². The van der Waals surface area contributed by atoms with Gasteiger partial charge < -0.3 is 14.5 Å². The summed E-state index contributed by atoms with van der Waals surface area (Å²) in [5, 5.41) is 0. The molecule has 0 spiro atoms. The van der Waals surface area contributed by atoms with Crippen LogP contribution in [0.5, 0.6) is 5.75 Å². The van der Waals surface area contributed by atoms with E-state index in [1.165, 1.54) is 12.1 Å². The quantitative estimate of drug-likeness (QED) is 0.436. The molecule has 36 heavy (non-hydrogen) atoms. The molecular formula is C26H23FN6O3. The number of carbonyl (C=O) groups excluding carboxylic acids is 2. The molecule has 4 aromatic rings. The number of hydrogen-bond donors (Lipinski definition) is 0. The maximum absolute atomic E-state index is 14.8. The summed E-state index contributed by atoms with van der Waals surface area (Å²) in [5.41, 5.74) is 4.93. The van der Waals surface area contributed by atoms with Gasteiger partial charge in [-0.1, -0.05) is 0 Å². The van der Waals surface area contributed by atoms with E-state index >= 15 is 0 Å². The van der Waals surface area contributed by atoms with Crippen molar-refractivity contribution in [3.8, 4) is 16.9 Å². The molecule has 0 atom stereocenters. The van der Waals surface area contributed by atoms with Crippen molar-refractivity contribution in [3.63, 3.8) is 0 Å². The number of aryl methyl sites for hydroxylation is 1. The highest BCUT2D eigenvalue weighted by atomic mass is 19.1. The lowest BCUT2D eigenvalue weighted by Crippen LogP contribution is -2.32. The van der Waals surface area contributed by atoms with E-state index < -0.39 is 5.82 Å². The van der Waals surface area contributed by atoms with Gasteiger partial charge in [-0.25, -0.2) is 14.4 Å². The number of nitrogens with zero attached hydrogens (tertiary/aromatic N) is 6. The van der Waals surface area contributed by atoms with Gasteiger partial charge in [-0.2, -0.15) is 0 Å². The number of anilines is 1. The molecule has 0 saturated carbocycles. The fourth-order valence-electron chi connectivity index (χ4n) is 5.02. The molecule has 6 rings (SSSR count). The number of ketones is 1. The van der Waals surface area contributed by atoms with Gasteiger partial charge in [-0.15, -0.1) is 0 Å². The number of halogens is 1. The van der Waals surface area contributed by atoms with E-state index in [1.807, 2.05) is 19.9 Å². The average molecular weight is 487 g/mol. The molecule has 0 N–H and O–H groups in total. The lowest BCUT2D eigenvalue weighted by Gasteiger charge is -2.26. The van der Waals surface area contributed by atoms with Gasteiger partial charge >= 0.3 is 0 Å². The first kappa shape index (κ1) is 22.1. The van der Waals surface area contributed by atoms with Crippen molar-refractivity contribution >= 4 is 23.2 Å². The van der Waals surface area contributed by atoms with Crippen molar-refractivity contribution < 1.29 is 18.7 Å². The third-order valence-electron chi connectivity index (χ3n) is 6.79. The zero-order valence-electron chi connectivity index (χ0n) is 20.1. The van der Waals surface area contributed by atoms with Crippen LogP contribution in [-0.4, -0.2) is 56.1 Å². The van der Waals surface area contributed by atoms with Crippen LogP contribution in [0.1, 0.15) is 44.6 Å². The molecule has 1 amide bonds. The van der Waals surface area contributed by atoms with Crippen LogP contribution in [0.3, 0.4) is 0 Å². The number of aromatic nitrogens is 4. The highest BCUT2D eigenvalue weighted by molar-refractivity contribution is 6.05. The zero-order valence-corrected chi connectivity index (χ0v) is 20.1. The molecule has 2 aliphatic rings. The molecule has 0 radical (unpaired) electrons.